The molecule has 0 saturated carbocycles. The standard InChI is InChI=1S/C9H9IN2O/c1-7(13)12-11-6-8-4-2-3-5-9(8)10/h2-6H,1H3,(H,12,13)/b11-6-. The normalized spacial score (nSPS) is 10.3. The van der Waals surface area contributed by atoms with Gasteiger partial charge >= 0.3 is 0 Å². The number of rotatable bonds is 2. The number of hydrazone groups is 1. The van der Waals surface area contributed by atoms with Gasteiger partial charge in [0, 0.05) is 16.1 Å². The van der Waals surface area contributed by atoms with Crippen molar-refractivity contribution in [2.24, 2.45) is 5.10 Å². The van der Waals surface area contributed by atoms with Crippen molar-refractivity contribution < 1.29 is 4.79 Å². The van der Waals surface area contributed by atoms with Crippen LogP contribution in [0, 0.1) is 3.57 Å². The molecule has 0 radical (unpaired) electrons. The highest BCUT2D eigenvalue weighted by Gasteiger charge is 1.92. The summed E-state index contributed by atoms with van der Waals surface area (Å²) in [6.07, 6.45) is 1.63. The van der Waals surface area contributed by atoms with E-state index in [4.69, 9.17) is 0 Å². The second-order valence-electron chi connectivity index (χ2n) is 2.45. The number of hydrogen-bond acceptors (Lipinski definition) is 2. The van der Waals surface area contributed by atoms with Crippen molar-refractivity contribution in [2.45, 2.75) is 6.92 Å². The van der Waals surface area contributed by atoms with E-state index in [0.29, 0.717) is 0 Å². The fourth-order valence-corrected chi connectivity index (χ4v) is 1.30. The maximum Gasteiger partial charge on any atom is 0.236 e. The van der Waals surface area contributed by atoms with Gasteiger partial charge in [-0.3, -0.25) is 4.79 Å². The van der Waals surface area contributed by atoms with Crippen LogP contribution in [0.15, 0.2) is 29.4 Å². The minimum absolute atomic E-state index is 0.165. The highest BCUT2D eigenvalue weighted by Crippen LogP contribution is 2.08. The smallest absolute Gasteiger partial charge is 0.236 e. The van der Waals surface area contributed by atoms with Crippen LogP contribution in [0.3, 0.4) is 0 Å². The first-order valence-corrected chi connectivity index (χ1v) is 4.82. The predicted octanol–water partition coefficient (Wildman–Crippen LogP) is 1.76. The predicted molar refractivity (Wildman–Crippen MR) is 60.6 cm³/mol. The average Bonchev–Trinajstić information content (AvgIpc) is 2.08. The van der Waals surface area contributed by atoms with Gasteiger partial charge in [0.1, 0.15) is 0 Å². The Morgan fingerprint density at radius 3 is 2.85 bits per heavy atom. The summed E-state index contributed by atoms with van der Waals surface area (Å²) < 4.78 is 1.11. The molecule has 0 atom stereocenters. The van der Waals surface area contributed by atoms with E-state index in [9.17, 15) is 4.79 Å². The van der Waals surface area contributed by atoms with Crippen LogP contribution in [-0.4, -0.2) is 12.1 Å². The Balaban J connectivity index is 2.68. The lowest BCUT2D eigenvalue weighted by atomic mass is 10.2. The van der Waals surface area contributed by atoms with Gasteiger partial charge in [0.25, 0.3) is 0 Å². The average molecular weight is 288 g/mol. The monoisotopic (exact) mass is 288 g/mol. The summed E-state index contributed by atoms with van der Waals surface area (Å²) in [7, 11) is 0. The van der Waals surface area contributed by atoms with Crippen LogP contribution >= 0.6 is 22.6 Å². The number of nitrogens with one attached hydrogen (secondary N) is 1. The largest absolute Gasteiger partial charge is 0.274 e. The van der Waals surface area contributed by atoms with Gasteiger partial charge in [-0.25, -0.2) is 5.43 Å². The molecule has 13 heavy (non-hydrogen) atoms. The van der Waals surface area contributed by atoms with Crippen molar-refractivity contribution >= 4 is 34.7 Å². The highest BCUT2D eigenvalue weighted by molar-refractivity contribution is 14.1. The van der Waals surface area contributed by atoms with Gasteiger partial charge in [-0.05, 0) is 28.7 Å². The number of nitrogens with zero attached hydrogens (tertiary/aromatic N) is 1. The Hall–Kier alpha value is -0.910. The third-order valence-corrected chi connectivity index (χ3v) is 2.31. The van der Waals surface area contributed by atoms with Gasteiger partial charge in [0.15, 0.2) is 0 Å². The second kappa shape index (κ2) is 4.96. The van der Waals surface area contributed by atoms with Crippen molar-refractivity contribution in [1.29, 1.82) is 0 Å². The summed E-state index contributed by atoms with van der Waals surface area (Å²) in [5.74, 6) is -0.165. The van der Waals surface area contributed by atoms with Crippen molar-refractivity contribution in [1.82, 2.24) is 5.43 Å². The lowest BCUT2D eigenvalue weighted by Gasteiger charge is -1.96. The van der Waals surface area contributed by atoms with E-state index in [0.717, 1.165) is 9.13 Å². The minimum Gasteiger partial charge on any atom is -0.274 e. The van der Waals surface area contributed by atoms with E-state index in [1.54, 1.807) is 6.21 Å². The van der Waals surface area contributed by atoms with Crippen LogP contribution in [0.5, 0.6) is 0 Å². The SMILES string of the molecule is CC(=O)N/N=C\c1ccccc1I. The summed E-state index contributed by atoms with van der Waals surface area (Å²) in [4.78, 5) is 10.5. The van der Waals surface area contributed by atoms with Gasteiger partial charge in [-0.2, -0.15) is 5.10 Å². The molecule has 1 aromatic rings. The highest BCUT2D eigenvalue weighted by atomic mass is 127. The number of amides is 1. The Bertz CT molecular complexity index is 336. The van der Waals surface area contributed by atoms with Gasteiger partial charge < -0.3 is 0 Å². The van der Waals surface area contributed by atoms with Gasteiger partial charge in [0.05, 0.1) is 6.21 Å². The molecule has 0 aliphatic heterocycles. The first-order valence-electron chi connectivity index (χ1n) is 3.74. The van der Waals surface area contributed by atoms with E-state index in [1.807, 2.05) is 24.3 Å². The van der Waals surface area contributed by atoms with Crippen LogP contribution in [0.25, 0.3) is 0 Å². The second-order valence-corrected chi connectivity index (χ2v) is 3.61. The first kappa shape index (κ1) is 10.2. The molecule has 0 aromatic heterocycles. The zero-order valence-electron chi connectivity index (χ0n) is 7.12. The summed E-state index contributed by atoms with van der Waals surface area (Å²) >= 11 is 2.21. The van der Waals surface area contributed by atoms with Gasteiger partial charge in [-0.1, -0.05) is 18.2 Å². The molecular weight excluding hydrogens is 279 g/mol. The van der Waals surface area contributed by atoms with Gasteiger partial charge in [-0.15, -0.1) is 0 Å². The molecule has 0 spiro atoms. The summed E-state index contributed by atoms with van der Waals surface area (Å²) in [5.41, 5.74) is 3.35. The lowest BCUT2D eigenvalue weighted by molar-refractivity contribution is -0.118. The number of halogens is 1. The first-order chi connectivity index (χ1) is 6.20. The van der Waals surface area contributed by atoms with Crippen molar-refractivity contribution in [3.63, 3.8) is 0 Å². The molecule has 0 aliphatic rings. The van der Waals surface area contributed by atoms with Crippen LogP contribution in [0.2, 0.25) is 0 Å². The Morgan fingerprint density at radius 2 is 2.23 bits per heavy atom. The summed E-state index contributed by atoms with van der Waals surface area (Å²) in [5, 5.41) is 3.77. The minimum atomic E-state index is -0.165. The topological polar surface area (TPSA) is 41.5 Å². The van der Waals surface area contributed by atoms with Crippen molar-refractivity contribution in [2.75, 3.05) is 0 Å². The van der Waals surface area contributed by atoms with E-state index in [2.05, 4.69) is 33.1 Å². The maximum atomic E-state index is 10.5. The van der Waals surface area contributed by atoms with Crippen LogP contribution < -0.4 is 5.43 Å². The molecule has 3 nitrogen and oxygen atoms in total. The molecule has 0 aliphatic carbocycles. The van der Waals surface area contributed by atoms with E-state index >= 15 is 0 Å². The Labute approximate surface area is 90.4 Å². The number of hydrogen-bond donors (Lipinski definition) is 1. The molecule has 1 N–H and O–H groups in total. The summed E-state index contributed by atoms with van der Waals surface area (Å²) in [6.45, 7) is 1.42. The number of benzene rings is 1. The van der Waals surface area contributed by atoms with Crippen LogP contribution in [0.4, 0.5) is 0 Å². The van der Waals surface area contributed by atoms with Crippen molar-refractivity contribution in [3.05, 3.63) is 33.4 Å². The molecule has 1 amide bonds. The molecule has 0 saturated heterocycles. The Morgan fingerprint density at radius 1 is 1.54 bits per heavy atom. The maximum absolute atomic E-state index is 10.5. The molecule has 0 unspecified atom stereocenters. The summed E-state index contributed by atoms with van der Waals surface area (Å²) in [6, 6.07) is 7.80. The molecule has 0 fully saturated rings. The zero-order valence-corrected chi connectivity index (χ0v) is 9.28. The molecule has 1 aromatic carbocycles. The quantitative estimate of drug-likeness (QED) is 0.503. The van der Waals surface area contributed by atoms with Gasteiger partial charge in [0.2, 0.25) is 5.91 Å². The van der Waals surface area contributed by atoms with Crippen molar-refractivity contribution in [3.8, 4) is 0 Å². The fraction of sp³-hybridized carbons (Fsp3) is 0.111. The van der Waals surface area contributed by atoms with Crippen LogP contribution in [0.1, 0.15) is 12.5 Å². The number of carbonyl (C=O) groups excluding carboxylic acids is 1. The van der Waals surface area contributed by atoms with E-state index in [-0.39, 0.29) is 5.91 Å². The molecular formula is C9H9IN2O. The fourth-order valence-electron chi connectivity index (χ4n) is 0.773. The molecule has 1 rings (SSSR count). The lowest BCUT2D eigenvalue weighted by Crippen LogP contribution is -2.12. The third-order valence-electron chi connectivity index (χ3n) is 1.33. The number of carbonyl (C=O) groups is 1. The molecule has 0 heterocycles. The third kappa shape index (κ3) is 3.54. The molecule has 68 valence electrons. The zero-order chi connectivity index (χ0) is 9.68. The van der Waals surface area contributed by atoms with E-state index in [1.165, 1.54) is 6.92 Å². The molecule has 0 bridgehead atoms. The van der Waals surface area contributed by atoms with Crippen LogP contribution in [-0.2, 0) is 4.79 Å². The molecule has 4 heteroatoms. The van der Waals surface area contributed by atoms with E-state index < -0.39 is 0 Å². The Kier molecular flexibility index (Phi) is 3.88.